The molecule has 0 aliphatic heterocycles. The first-order valence-electron chi connectivity index (χ1n) is 3.34. The van der Waals surface area contributed by atoms with Crippen molar-refractivity contribution >= 4 is 0 Å². The maximum Gasteiger partial charge on any atom is 0.109 e. The average Bonchev–Trinajstić information content (AvgIpc) is 2.32. The van der Waals surface area contributed by atoms with Crippen LogP contribution in [-0.4, -0.2) is 16.5 Å². The van der Waals surface area contributed by atoms with Crippen LogP contribution in [0.3, 0.4) is 0 Å². The Bertz CT molecular complexity index is 283. The molecule has 0 fully saturated rings. The van der Waals surface area contributed by atoms with E-state index in [1.165, 1.54) is 4.68 Å². The number of aryl methyl sites for hydroxylation is 2. The minimum absolute atomic E-state index is 0.280. The maximum atomic E-state index is 11.8. The topological polar surface area (TPSA) is 17.8 Å². The molecule has 0 spiro atoms. The van der Waals surface area contributed by atoms with Crippen LogP contribution < -0.4 is 0 Å². The summed E-state index contributed by atoms with van der Waals surface area (Å²) in [6.45, 7) is 1.68. The van der Waals surface area contributed by atoms with Crippen LogP contribution in [0.25, 0.3) is 0 Å². The molecule has 0 aromatic carbocycles. The lowest BCUT2D eigenvalue weighted by atomic mass is 10.3. The molecule has 58 valence electrons. The van der Waals surface area contributed by atoms with Gasteiger partial charge in [-0.05, 0) is 6.92 Å². The van der Waals surface area contributed by atoms with Crippen LogP contribution in [-0.2, 0) is 6.54 Å². The summed E-state index contributed by atoms with van der Waals surface area (Å²) in [6, 6.07) is 0. The van der Waals surface area contributed by atoms with Gasteiger partial charge in [-0.15, -0.1) is 6.42 Å². The summed E-state index contributed by atoms with van der Waals surface area (Å²) < 4.78 is 13.3. The SMILES string of the molecule is C#Cc1cn(CCF)nc1C. The van der Waals surface area contributed by atoms with Gasteiger partial charge in [-0.25, -0.2) is 4.39 Å². The van der Waals surface area contributed by atoms with Gasteiger partial charge in [-0.1, -0.05) is 5.92 Å². The molecule has 0 amide bonds. The molecule has 0 radical (unpaired) electrons. The number of nitrogens with zero attached hydrogens (tertiary/aromatic N) is 2. The summed E-state index contributed by atoms with van der Waals surface area (Å²) in [5.74, 6) is 2.47. The van der Waals surface area contributed by atoms with Gasteiger partial charge in [0.2, 0.25) is 0 Å². The van der Waals surface area contributed by atoms with E-state index >= 15 is 0 Å². The van der Waals surface area contributed by atoms with Crippen LogP contribution in [0.2, 0.25) is 0 Å². The van der Waals surface area contributed by atoms with Gasteiger partial charge in [0.1, 0.15) is 6.67 Å². The summed E-state index contributed by atoms with van der Waals surface area (Å²) in [5, 5.41) is 4.01. The van der Waals surface area contributed by atoms with Crippen molar-refractivity contribution in [3.8, 4) is 12.3 Å². The van der Waals surface area contributed by atoms with Gasteiger partial charge >= 0.3 is 0 Å². The van der Waals surface area contributed by atoms with Crippen molar-refractivity contribution in [3.63, 3.8) is 0 Å². The van der Waals surface area contributed by atoms with E-state index in [1.54, 1.807) is 6.20 Å². The number of alkyl halides is 1. The van der Waals surface area contributed by atoms with Crippen LogP contribution in [0, 0.1) is 19.3 Å². The lowest BCUT2D eigenvalue weighted by Crippen LogP contribution is -1.99. The first kappa shape index (κ1) is 7.80. The summed E-state index contributed by atoms with van der Waals surface area (Å²) in [5.41, 5.74) is 1.51. The number of halogens is 1. The molecule has 0 N–H and O–H groups in total. The zero-order valence-electron chi connectivity index (χ0n) is 6.34. The average molecular weight is 152 g/mol. The number of hydrogen-bond donors (Lipinski definition) is 0. The second-order valence-electron chi connectivity index (χ2n) is 2.22. The Hall–Kier alpha value is -1.30. The Labute approximate surface area is 65.0 Å². The lowest BCUT2D eigenvalue weighted by molar-refractivity contribution is 0.426. The Kier molecular flexibility index (Phi) is 2.27. The number of aromatic nitrogens is 2. The molecule has 1 heterocycles. The molecular weight excluding hydrogens is 143 g/mol. The van der Waals surface area contributed by atoms with Crippen molar-refractivity contribution in [1.29, 1.82) is 0 Å². The van der Waals surface area contributed by atoms with Gasteiger partial charge in [0.05, 0.1) is 17.8 Å². The number of hydrogen-bond acceptors (Lipinski definition) is 1. The predicted octanol–water partition coefficient (Wildman–Crippen LogP) is 1.14. The van der Waals surface area contributed by atoms with Gasteiger partial charge in [0.25, 0.3) is 0 Å². The van der Waals surface area contributed by atoms with Gasteiger partial charge in [-0.3, -0.25) is 4.68 Å². The van der Waals surface area contributed by atoms with E-state index in [2.05, 4.69) is 11.0 Å². The first-order chi connectivity index (χ1) is 5.27. The maximum absolute atomic E-state index is 11.8. The molecule has 11 heavy (non-hydrogen) atoms. The van der Waals surface area contributed by atoms with E-state index in [-0.39, 0.29) is 6.54 Å². The highest BCUT2D eigenvalue weighted by atomic mass is 19.1. The smallest absolute Gasteiger partial charge is 0.109 e. The van der Waals surface area contributed by atoms with Crippen molar-refractivity contribution in [2.24, 2.45) is 0 Å². The minimum atomic E-state index is -0.412. The quantitative estimate of drug-likeness (QED) is 0.581. The van der Waals surface area contributed by atoms with E-state index in [9.17, 15) is 4.39 Å². The van der Waals surface area contributed by atoms with E-state index in [0.29, 0.717) is 0 Å². The molecule has 1 rings (SSSR count). The van der Waals surface area contributed by atoms with E-state index in [4.69, 9.17) is 6.42 Å². The van der Waals surface area contributed by atoms with Crippen molar-refractivity contribution in [2.45, 2.75) is 13.5 Å². The van der Waals surface area contributed by atoms with Crippen molar-refractivity contribution in [2.75, 3.05) is 6.67 Å². The summed E-state index contributed by atoms with van der Waals surface area (Å²) >= 11 is 0. The molecule has 0 bridgehead atoms. The van der Waals surface area contributed by atoms with Crippen LogP contribution in [0.4, 0.5) is 4.39 Å². The fraction of sp³-hybridized carbons (Fsp3) is 0.375. The third-order valence-corrected chi connectivity index (χ3v) is 1.42. The van der Waals surface area contributed by atoms with Gasteiger partial charge in [0.15, 0.2) is 0 Å². The zero-order valence-corrected chi connectivity index (χ0v) is 6.34. The highest BCUT2D eigenvalue weighted by Gasteiger charge is 2.00. The molecular formula is C8H9FN2. The molecule has 0 saturated carbocycles. The summed E-state index contributed by atoms with van der Waals surface area (Å²) in [6.07, 6.45) is 6.84. The van der Waals surface area contributed by atoms with Gasteiger partial charge < -0.3 is 0 Å². The van der Waals surface area contributed by atoms with Gasteiger partial charge in [0, 0.05) is 6.20 Å². The second-order valence-corrected chi connectivity index (χ2v) is 2.22. The first-order valence-corrected chi connectivity index (χ1v) is 3.34. The Balaban J connectivity index is 2.89. The Morgan fingerprint density at radius 1 is 1.82 bits per heavy atom. The molecule has 0 unspecified atom stereocenters. The minimum Gasteiger partial charge on any atom is -0.269 e. The highest BCUT2D eigenvalue weighted by molar-refractivity contribution is 5.33. The molecule has 3 heteroatoms. The van der Waals surface area contributed by atoms with Crippen LogP contribution in [0.1, 0.15) is 11.3 Å². The molecule has 0 aliphatic carbocycles. The Morgan fingerprint density at radius 2 is 2.55 bits per heavy atom. The summed E-state index contributed by atoms with van der Waals surface area (Å²) in [7, 11) is 0. The fourth-order valence-corrected chi connectivity index (χ4v) is 0.861. The van der Waals surface area contributed by atoms with Crippen molar-refractivity contribution in [1.82, 2.24) is 9.78 Å². The van der Waals surface area contributed by atoms with E-state index in [0.717, 1.165) is 11.3 Å². The van der Waals surface area contributed by atoms with E-state index in [1.807, 2.05) is 6.92 Å². The Morgan fingerprint density at radius 3 is 3.00 bits per heavy atom. The van der Waals surface area contributed by atoms with Gasteiger partial charge in [-0.2, -0.15) is 5.10 Å². The number of rotatable bonds is 2. The molecule has 0 aliphatic rings. The normalized spacial score (nSPS) is 9.55. The van der Waals surface area contributed by atoms with Crippen molar-refractivity contribution in [3.05, 3.63) is 17.5 Å². The van der Waals surface area contributed by atoms with E-state index < -0.39 is 6.67 Å². The third kappa shape index (κ3) is 1.58. The third-order valence-electron chi connectivity index (χ3n) is 1.42. The highest BCUT2D eigenvalue weighted by Crippen LogP contribution is 2.02. The van der Waals surface area contributed by atoms with Crippen LogP contribution in [0.15, 0.2) is 6.20 Å². The predicted molar refractivity (Wildman–Crippen MR) is 40.9 cm³/mol. The lowest BCUT2D eigenvalue weighted by Gasteiger charge is -1.91. The zero-order chi connectivity index (χ0) is 8.27. The molecule has 0 saturated heterocycles. The van der Waals surface area contributed by atoms with Crippen LogP contribution in [0.5, 0.6) is 0 Å². The number of terminal acetylenes is 1. The fourth-order valence-electron chi connectivity index (χ4n) is 0.861. The summed E-state index contributed by atoms with van der Waals surface area (Å²) in [4.78, 5) is 0. The standard InChI is InChI=1S/C8H9FN2/c1-3-8-6-11(5-4-9)10-7(8)2/h1,6H,4-5H2,2H3. The molecule has 1 aromatic heterocycles. The largest absolute Gasteiger partial charge is 0.269 e. The second kappa shape index (κ2) is 3.20. The monoisotopic (exact) mass is 152 g/mol. The van der Waals surface area contributed by atoms with Crippen molar-refractivity contribution < 1.29 is 4.39 Å². The molecule has 0 atom stereocenters. The molecule has 2 nitrogen and oxygen atoms in total. The molecule has 1 aromatic rings. The van der Waals surface area contributed by atoms with Crippen LogP contribution >= 0.6 is 0 Å².